The molecule has 0 saturated carbocycles. The number of nitro benzene ring substituents is 1. The average molecular weight is 342 g/mol. The van der Waals surface area contributed by atoms with Gasteiger partial charge in [-0.2, -0.15) is 5.10 Å². The van der Waals surface area contributed by atoms with E-state index in [1.54, 1.807) is 12.1 Å². The summed E-state index contributed by atoms with van der Waals surface area (Å²) in [4.78, 5) is 10.6. The summed E-state index contributed by atoms with van der Waals surface area (Å²) in [6.45, 7) is 5.80. The van der Waals surface area contributed by atoms with Crippen LogP contribution in [-0.2, 0) is 0 Å². The van der Waals surface area contributed by atoms with Crippen molar-refractivity contribution in [2.45, 2.75) is 20.8 Å². The molecule has 0 N–H and O–H groups in total. The predicted molar refractivity (Wildman–Crippen MR) is 94.9 cm³/mol. The van der Waals surface area contributed by atoms with Crippen LogP contribution in [0.15, 0.2) is 42.5 Å². The SMILES string of the molecule is Cc1nn(-c2cccc(Cl)c2C)c(C)c1-c1cccc([N+](=O)[O-])c1. The Bertz CT molecular complexity index is 947. The Morgan fingerprint density at radius 2 is 1.83 bits per heavy atom. The molecule has 0 amide bonds. The van der Waals surface area contributed by atoms with Gasteiger partial charge in [-0.1, -0.05) is 29.8 Å². The number of non-ortho nitro benzene ring substituents is 1. The lowest BCUT2D eigenvalue weighted by atomic mass is 10.0. The van der Waals surface area contributed by atoms with Gasteiger partial charge < -0.3 is 0 Å². The van der Waals surface area contributed by atoms with E-state index in [0.717, 1.165) is 33.8 Å². The fourth-order valence-electron chi connectivity index (χ4n) is 2.90. The number of rotatable bonds is 3. The lowest BCUT2D eigenvalue weighted by Crippen LogP contribution is -2.02. The van der Waals surface area contributed by atoms with Gasteiger partial charge in [0.05, 0.1) is 16.3 Å². The molecule has 0 aliphatic heterocycles. The summed E-state index contributed by atoms with van der Waals surface area (Å²) in [7, 11) is 0. The van der Waals surface area contributed by atoms with Gasteiger partial charge >= 0.3 is 0 Å². The zero-order chi connectivity index (χ0) is 17.4. The Morgan fingerprint density at radius 3 is 2.54 bits per heavy atom. The van der Waals surface area contributed by atoms with Gasteiger partial charge in [-0.05, 0) is 44.0 Å². The third-order valence-electron chi connectivity index (χ3n) is 4.10. The first-order valence-corrected chi connectivity index (χ1v) is 7.84. The smallest absolute Gasteiger partial charge is 0.258 e. The monoisotopic (exact) mass is 341 g/mol. The molecule has 3 aromatic rings. The van der Waals surface area contributed by atoms with Crippen molar-refractivity contribution < 1.29 is 4.92 Å². The molecule has 24 heavy (non-hydrogen) atoms. The topological polar surface area (TPSA) is 61.0 Å². The first-order chi connectivity index (χ1) is 11.4. The molecular formula is C18H16ClN3O2. The van der Waals surface area contributed by atoms with Gasteiger partial charge in [0, 0.05) is 28.4 Å². The second-order valence-electron chi connectivity index (χ2n) is 5.65. The number of aromatic nitrogens is 2. The molecular weight excluding hydrogens is 326 g/mol. The minimum Gasteiger partial charge on any atom is -0.258 e. The molecule has 0 aliphatic carbocycles. The second-order valence-corrected chi connectivity index (χ2v) is 6.06. The van der Waals surface area contributed by atoms with Crippen molar-refractivity contribution in [3.8, 4) is 16.8 Å². The minimum absolute atomic E-state index is 0.0676. The van der Waals surface area contributed by atoms with Gasteiger partial charge in [0.2, 0.25) is 0 Å². The summed E-state index contributed by atoms with van der Waals surface area (Å²) >= 11 is 6.22. The summed E-state index contributed by atoms with van der Waals surface area (Å²) < 4.78 is 1.84. The molecule has 122 valence electrons. The Balaban J connectivity index is 2.19. The van der Waals surface area contributed by atoms with Crippen molar-refractivity contribution in [3.05, 3.63) is 74.6 Å². The van der Waals surface area contributed by atoms with E-state index < -0.39 is 0 Å². The third kappa shape index (κ3) is 2.67. The molecule has 0 atom stereocenters. The molecule has 2 aromatic carbocycles. The van der Waals surface area contributed by atoms with Crippen LogP contribution in [0.4, 0.5) is 5.69 Å². The van der Waals surface area contributed by atoms with Gasteiger partial charge in [-0.15, -0.1) is 0 Å². The maximum absolute atomic E-state index is 11.0. The highest BCUT2D eigenvalue weighted by atomic mass is 35.5. The van der Waals surface area contributed by atoms with E-state index in [1.807, 2.05) is 49.7 Å². The first-order valence-electron chi connectivity index (χ1n) is 7.46. The number of hydrogen-bond acceptors (Lipinski definition) is 3. The second kappa shape index (κ2) is 6.09. The maximum Gasteiger partial charge on any atom is 0.270 e. The number of benzene rings is 2. The lowest BCUT2D eigenvalue weighted by molar-refractivity contribution is -0.384. The van der Waals surface area contributed by atoms with Crippen molar-refractivity contribution in [3.63, 3.8) is 0 Å². The first kappa shape index (κ1) is 16.2. The van der Waals surface area contributed by atoms with Crippen LogP contribution in [0.2, 0.25) is 5.02 Å². The van der Waals surface area contributed by atoms with Crippen molar-refractivity contribution in [2.24, 2.45) is 0 Å². The highest BCUT2D eigenvalue weighted by Gasteiger charge is 2.18. The fourth-order valence-corrected chi connectivity index (χ4v) is 3.07. The zero-order valence-corrected chi connectivity index (χ0v) is 14.3. The number of halogens is 1. The van der Waals surface area contributed by atoms with E-state index in [1.165, 1.54) is 6.07 Å². The molecule has 1 aromatic heterocycles. The molecule has 0 fully saturated rings. The summed E-state index contributed by atoms with van der Waals surface area (Å²) in [5, 5.41) is 16.3. The van der Waals surface area contributed by atoms with Crippen molar-refractivity contribution in [1.82, 2.24) is 9.78 Å². The van der Waals surface area contributed by atoms with Crippen LogP contribution in [0, 0.1) is 30.9 Å². The number of nitro groups is 1. The van der Waals surface area contributed by atoms with E-state index >= 15 is 0 Å². The Kier molecular flexibility index (Phi) is 4.11. The van der Waals surface area contributed by atoms with E-state index in [2.05, 4.69) is 5.10 Å². The largest absolute Gasteiger partial charge is 0.270 e. The molecule has 5 nitrogen and oxygen atoms in total. The van der Waals surface area contributed by atoms with Crippen LogP contribution in [0.1, 0.15) is 17.0 Å². The Labute approximate surface area is 144 Å². The lowest BCUT2D eigenvalue weighted by Gasteiger charge is -2.10. The molecule has 0 radical (unpaired) electrons. The van der Waals surface area contributed by atoms with Crippen LogP contribution in [0.25, 0.3) is 16.8 Å². The summed E-state index contributed by atoms with van der Waals surface area (Å²) in [5.41, 5.74) is 5.32. The van der Waals surface area contributed by atoms with E-state index in [-0.39, 0.29) is 10.6 Å². The minimum atomic E-state index is -0.389. The summed E-state index contributed by atoms with van der Waals surface area (Å²) in [6.07, 6.45) is 0. The van der Waals surface area contributed by atoms with Crippen LogP contribution in [0.3, 0.4) is 0 Å². The highest BCUT2D eigenvalue weighted by molar-refractivity contribution is 6.31. The molecule has 0 unspecified atom stereocenters. The summed E-state index contributed by atoms with van der Waals surface area (Å²) in [6, 6.07) is 12.3. The Morgan fingerprint density at radius 1 is 1.12 bits per heavy atom. The third-order valence-corrected chi connectivity index (χ3v) is 4.51. The van der Waals surface area contributed by atoms with Crippen LogP contribution >= 0.6 is 11.6 Å². The quantitative estimate of drug-likeness (QED) is 0.496. The molecule has 1 heterocycles. The van der Waals surface area contributed by atoms with Gasteiger partial charge in [0.15, 0.2) is 0 Å². The van der Waals surface area contributed by atoms with Crippen LogP contribution < -0.4 is 0 Å². The molecule has 0 saturated heterocycles. The molecule has 6 heteroatoms. The average Bonchev–Trinajstić information content (AvgIpc) is 2.85. The number of aryl methyl sites for hydroxylation is 1. The van der Waals surface area contributed by atoms with Gasteiger partial charge in [0.1, 0.15) is 0 Å². The highest BCUT2D eigenvalue weighted by Crippen LogP contribution is 2.32. The number of hydrogen-bond donors (Lipinski definition) is 0. The van der Waals surface area contributed by atoms with Crippen molar-refractivity contribution >= 4 is 17.3 Å². The van der Waals surface area contributed by atoms with Gasteiger partial charge in [-0.3, -0.25) is 10.1 Å². The van der Waals surface area contributed by atoms with Crippen LogP contribution in [0.5, 0.6) is 0 Å². The zero-order valence-electron chi connectivity index (χ0n) is 13.6. The normalized spacial score (nSPS) is 10.8. The summed E-state index contributed by atoms with van der Waals surface area (Å²) in [5.74, 6) is 0. The Hall–Kier alpha value is -2.66. The molecule has 3 rings (SSSR count). The fraction of sp³-hybridized carbons (Fsp3) is 0.167. The number of nitrogens with zero attached hydrogens (tertiary/aromatic N) is 3. The predicted octanol–water partition coefficient (Wildman–Crippen LogP) is 5.03. The van der Waals surface area contributed by atoms with Gasteiger partial charge in [0.25, 0.3) is 5.69 Å². The van der Waals surface area contributed by atoms with E-state index in [4.69, 9.17) is 11.6 Å². The van der Waals surface area contributed by atoms with Crippen molar-refractivity contribution in [2.75, 3.05) is 0 Å². The standard InChI is InChI=1S/C18H16ClN3O2/c1-11-16(19)8-5-9-17(11)21-13(3)18(12(2)20-21)14-6-4-7-15(10-14)22(23)24/h4-10H,1-3H3. The molecule has 0 bridgehead atoms. The molecule has 0 spiro atoms. The van der Waals surface area contributed by atoms with Gasteiger partial charge in [-0.25, -0.2) is 4.68 Å². The van der Waals surface area contributed by atoms with E-state index in [9.17, 15) is 10.1 Å². The molecule has 0 aliphatic rings. The van der Waals surface area contributed by atoms with E-state index in [0.29, 0.717) is 5.02 Å². The maximum atomic E-state index is 11.0. The van der Waals surface area contributed by atoms with Crippen molar-refractivity contribution in [1.29, 1.82) is 0 Å². The van der Waals surface area contributed by atoms with Crippen LogP contribution in [-0.4, -0.2) is 14.7 Å².